The Morgan fingerprint density at radius 1 is 0.615 bits per heavy atom. The van der Waals surface area contributed by atoms with E-state index >= 15 is 0 Å². The lowest BCUT2D eigenvalue weighted by Gasteiger charge is -2.09. The molecule has 0 radical (unpaired) electrons. The lowest BCUT2D eigenvalue weighted by molar-refractivity contribution is 0.416. The van der Waals surface area contributed by atoms with Gasteiger partial charge in [0.05, 0.1) is 29.9 Å². The van der Waals surface area contributed by atoms with Crippen molar-refractivity contribution in [3.05, 3.63) is 113 Å². The first-order chi connectivity index (χ1) is 19.1. The molecular weight excluding hydrogens is 480 g/mol. The number of para-hydroxylation sites is 1. The Balaban J connectivity index is 1.57. The van der Waals surface area contributed by atoms with Gasteiger partial charge < -0.3 is 14.7 Å². The monoisotopic (exact) mass is 506 g/mol. The Hall–Kier alpha value is -5.16. The van der Waals surface area contributed by atoms with E-state index in [0.717, 1.165) is 72.8 Å². The topological polar surface area (TPSA) is 66.6 Å². The Morgan fingerprint density at radius 3 is 1.85 bits per heavy atom. The summed E-state index contributed by atoms with van der Waals surface area (Å²) in [5, 5.41) is 0. The molecule has 0 aliphatic carbocycles. The minimum atomic E-state index is 0.797. The van der Waals surface area contributed by atoms with Gasteiger partial charge in [0, 0.05) is 38.8 Å². The first-order valence-electron chi connectivity index (χ1n) is 13.0. The lowest BCUT2D eigenvalue weighted by atomic mass is 10.0. The van der Waals surface area contributed by atoms with Gasteiger partial charge in [-0.2, -0.15) is 0 Å². The van der Waals surface area contributed by atoms with Crippen LogP contribution in [0.4, 0.5) is 0 Å². The molecule has 8 bridgehead atoms. The van der Waals surface area contributed by atoms with Crippen LogP contribution in [0.2, 0.25) is 0 Å². The zero-order valence-electron chi connectivity index (χ0n) is 21.7. The predicted octanol–water partition coefficient (Wildman–Crippen LogP) is 8.31. The number of ether oxygens (including phenoxy) is 1. The molecule has 0 amide bonds. The van der Waals surface area contributed by atoms with E-state index in [2.05, 4.69) is 108 Å². The highest BCUT2D eigenvalue weighted by Crippen LogP contribution is 2.36. The molecule has 5 heteroatoms. The molecule has 5 heterocycles. The highest BCUT2D eigenvalue weighted by molar-refractivity contribution is 5.94. The summed E-state index contributed by atoms with van der Waals surface area (Å²) in [5.74, 6) is 0.797. The van der Waals surface area contributed by atoms with E-state index < -0.39 is 0 Å². The van der Waals surface area contributed by atoms with Gasteiger partial charge in [0.15, 0.2) is 0 Å². The highest BCUT2D eigenvalue weighted by Gasteiger charge is 2.15. The minimum Gasteiger partial charge on any atom is -0.496 e. The molecule has 39 heavy (non-hydrogen) atoms. The summed E-state index contributed by atoms with van der Waals surface area (Å²) >= 11 is 0. The number of aromatic amines is 2. The van der Waals surface area contributed by atoms with Crippen molar-refractivity contribution >= 4 is 46.4 Å². The molecule has 2 aliphatic rings. The summed E-state index contributed by atoms with van der Waals surface area (Å²) in [5.41, 5.74) is 12.8. The molecule has 0 spiro atoms. The Labute approximate surface area is 226 Å². The zero-order valence-corrected chi connectivity index (χ0v) is 21.7. The van der Waals surface area contributed by atoms with Crippen molar-refractivity contribution in [1.82, 2.24) is 19.9 Å². The van der Waals surface area contributed by atoms with Gasteiger partial charge in [-0.3, -0.25) is 0 Å². The van der Waals surface area contributed by atoms with Gasteiger partial charge in [0.1, 0.15) is 5.75 Å². The highest BCUT2D eigenvalue weighted by atomic mass is 16.5. The first kappa shape index (κ1) is 23.0. The van der Waals surface area contributed by atoms with Gasteiger partial charge >= 0.3 is 0 Å². The second kappa shape index (κ2) is 9.30. The summed E-state index contributed by atoms with van der Waals surface area (Å²) in [4.78, 5) is 17.2. The fraction of sp³-hybridized carbons (Fsp3) is 0.0588. The third kappa shape index (κ3) is 4.24. The third-order valence-electron chi connectivity index (χ3n) is 7.11. The average Bonchev–Trinajstić information content (AvgIpc) is 3.76. The Kier molecular flexibility index (Phi) is 5.48. The molecule has 5 aromatic rings. The van der Waals surface area contributed by atoms with Crippen molar-refractivity contribution in [2.45, 2.75) is 6.92 Å². The van der Waals surface area contributed by atoms with Gasteiger partial charge in [0.25, 0.3) is 0 Å². The van der Waals surface area contributed by atoms with E-state index in [4.69, 9.17) is 14.7 Å². The molecule has 2 aromatic carbocycles. The molecule has 5 nitrogen and oxygen atoms in total. The third-order valence-corrected chi connectivity index (χ3v) is 7.11. The van der Waals surface area contributed by atoms with Crippen LogP contribution in [0.25, 0.3) is 68.6 Å². The Morgan fingerprint density at radius 2 is 1.21 bits per heavy atom. The molecule has 0 saturated heterocycles. The molecule has 7 rings (SSSR count). The van der Waals surface area contributed by atoms with E-state index in [9.17, 15) is 0 Å². The second-order valence-electron chi connectivity index (χ2n) is 9.77. The predicted molar refractivity (Wildman–Crippen MR) is 161 cm³/mol. The van der Waals surface area contributed by atoms with E-state index in [-0.39, 0.29) is 0 Å². The molecular formula is C34H26N4O. The maximum Gasteiger partial charge on any atom is 0.126 e. The van der Waals surface area contributed by atoms with Crippen LogP contribution in [0.1, 0.15) is 28.3 Å². The number of benzene rings is 2. The van der Waals surface area contributed by atoms with Gasteiger partial charge in [0.2, 0.25) is 0 Å². The molecule has 0 saturated carbocycles. The van der Waals surface area contributed by atoms with Crippen LogP contribution in [0.3, 0.4) is 0 Å². The number of methoxy groups -OCH3 is 1. The molecule has 0 atom stereocenters. The van der Waals surface area contributed by atoms with E-state index in [1.807, 2.05) is 18.2 Å². The summed E-state index contributed by atoms with van der Waals surface area (Å²) in [6, 6.07) is 29.2. The maximum atomic E-state index is 5.73. The van der Waals surface area contributed by atoms with Crippen molar-refractivity contribution < 1.29 is 4.74 Å². The van der Waals surface area contributed by atoms with Crippen LogP contribution >= 0.6 is 0 Å². The second-order valence-corrected chi connectivity index (χ2v) is 9.77. The summed E-state index contributed by atoms with van der Waals surface area (Å²) < 4.78 is 5.73. The average molecular weight is 507 g/mol. The number of aryl methyl sites for hydroxylation is 1. The van der Waals surface area contributed by atoms with Crippen molar-refractivity contribution in [1.29, 1.82) is 0 Å². The van der Waals surface area contributed by atoms with Crippen molar-refractivity contribution in [3.8, 4) is 28.0 Å². The van der Waals surface area contributed by atoms with Crippen molar-refractivity contribution in [2.75, 3.05) is 7.11 Å². The minimum absolute atomic E-state index is 0.797. The van der Waals surface area contributed by atoms with Gasteiger partial charge in [-0.15, -0.1) is 0 Å². The lowest BCUT2D eigenvalue weighted by Crippen LogP contribution is -1.90. The number of aromatic nitrogens is 4. The number of hydrogen-bond donors (Lipinski definition) is 2. The van der Waals surface area contributed by atoms with Crippen LogP contribution in [-0.4, -0.2) is 27.0 Å². The quantitative estimate of drug-likeness (QED) is 0.253. The maximum absolute atomic E-state index is 5.73. The normalized spacial score (nSPS) is 12.2. The molecule has 2 aliphatic heterocycles. The van der Waals surface area contributed by atoms with Gasteiger partial charge in [-0.05, 0) is 79.3 Å². The first-order valence-corrected chi connectivity index (χ1v) is 13.0. The number of H-pyrrole nitrogens is 2. The van der Waals surface area contributed by atoms with E-state index in [1.54, 1.807) is 7.11 Å². The van der Waals surface area contributed by atoms with Crippen LogP contribution in [0.15, 0.2) is 84.9 Å². The number of fused-ring (bicyclic) bond motifs is 8. The fourth-order valence-corrected chi connectivity index (χ4v) is 5.23. The van der Waals surface area contributed by atoms with Crippen LogP contribution in [0.5, 0.6) is 5.75 Å². The van der Waals surface area contributed by atoms with Crippen LogP contribution in [0, 0.1) is 6.92 Å². The van der Waals surface area contributed by atoms with Crippen LogP contribution in [-0.2, 0) is 0 Å². The van der Waals surface area contributed by atoms with Crippen LogP contribution < -0.4 is 4.74 Å². The molecule has 3 aromatic heterocycles. The summed E-state index contributed by atoms with van der Waals surface area (Å²) in [6.07, 6.45) is 8.26. The summed E-state index contributed by atoms with van der Waals surface area (Å²) in [7, 11) is 1.70. The molecule has 188 valence electrons. The van der Waals surface area contributed by atoms with E-state index in [0.29, 0.717) is 0 Å². The molecule has 0 fully saturated rings. The SMILES string of the molecule is COc1ccccc1-c1c2nc(cc3ccc([nH]3)c(-c3ccc(C)cc3)c3nc(cc4ccc1[nH]4)C=C3)C=C2. The van der Waals surface area contributed by atoms with Gasteiger partial charge in [-0.25, -0.2) is 9.97 Å². The summed E-state index contributed by atoms with van der Waals surface area (Å²) in [6.45, 7) is 2.10. The fourth-order valence-electron chi connectivity index (χ4n) is 5.23. The molecule has 2 N–H and O–H groups in total. The smallest absolute Gasteiger partial charge is 0.126 e. The number of rotatable bonds is 3. The number of nitrogens with zero attached hydrogens (tertiary/aromatic N) is 2. The standard InChI is InChI=1S/C34H26N4O/c1-21-7-9-22(10-8-21)33-28-15-11-23(35-28)19-25-13-17-30(37-25)34(27-5-3-4-6-32(27)39-2)31-18-14-26(38-31)20-24-12-16-29(33)36-24/h3-20,35,38H,1-2H3. The molecule has 0 unspecified atom stereocenters. The largest absolute Gasteiger partial charge is 0.496 e. The number of nitrogens with one attached hydrogen (secondary N) is 2. The van der Waals surface area contributed by atoms with E-state index in [1.165, 1.54) is 5.56 Å². The van der Waals surface area contributed by atoms with Crippen molar-refractivity contribution in [3.63, 3.8) is 0 Å². The zero-order chi connectivity index (χ0) is 26.3. The Bertz CT molecular complexity index is 1960. The number of hydrogen-bond acceptors (Lipinski definition) is 3. The van der Waals surface area contributed by atoms with Crippen molar-refractivity contribution in [2.24, 2.45) is 0 Å². The van der Waals surface area contributed by atoms with Gasteiger partial charge in [-0.1, -0.05) is 48.0 Å².